The van der Waals surface area contributed by atoms with Gasteiger partial charge in [-0.3, -0.25) is 14.4 Å². The number of hydrogen-bond donors (Lipinski definition) is 1. The zero-order valence-electron chi connectivity index (χ0n) is 16.2. The van der Waals surface area contributed by atoms with E-state index in [1.165, 1.54) is 4.90 Å². The summed E-state index contributed by atoms with van der Waals surface area (Å²) < 4.78 is 0. The number of carbonyl (C=O) groups is 3. The first-order valence-corrected chi connectivity index (χ1v) is 10.8. The number of benzene rings is 2. The summed E-state index contributed by atoms with van der Waals surface area (Å²) in [5.41, 5.74) is 2.02. The summed E-state index contributed by atoms with van der Waals surface area (Å²) in [5.74, 6) is -2.60. The molecule has 0 aliphatic carbocycles. The number of hydrogen-bond acceptors (Lipinski definition) is 3. The van der Waals surface area contributed by atoms with Crippen LogP contribution in [0.4, 0.5) is 0 Å². The molecule has 8 heteroatoms. The SMILES string of the molecule is O=C(NCCCc1ccc(Cl)c(Cl)c1)C1CN(CCc2ccc(Cl)cc2)C(=O)C1=O. The number of halogens is 3. The second-order valence-electron chi connectivity index (χ2n) is 7.19. The van der Waals surface area contributed by atoms with Crippen molar-refractivity contribution in [3.63, 3.8) is 0 Å². The molecule has 1 saturated heterocycles. The third-order valence-electron chi connectivity index (χ3n) is 5.04. The predicted molar refractivity (Wildman–Crippen MR) is 118 cm³/mol. The lowest BCUT2D eigenvalue weighted by molar-refractivity contribution is -0.142. The van der Waals surface area contributed by atoms with E-state index in [9.17, 15) is 14.4 Å². The van der Waals surface area contributed by atoms with Crippen molar-refractivity contribution in [2.75, 3.05) is 19.6 Å². The van der Waals surface area contributed by atoms with Gasteiger partial charge >= 0.3 is 0 Å². The van der Waals surface area contributed by atoms with Crippen LogP contribution in [0, 0.1) is 5.92 Å². The molecule has 5 nitrogen and oxygen atoms in total. The van der Waals surface area contributed by atoms with Crippen LogP contribution in [-0.2, 0) is 27.2 Å². The van der Waals surface area contributed by atoms with Crippen LogP contribution in [-0.4, -0.2) is 42.1 Å². The highest BCUT2D eigenvalue weighted by atomic mass is 35.5. The van der Waals surface area contributed by atoms with Gasteiger partial charge in [-0.1, -0.05) is 53.0 Å². The molecule has 1 fully saturated rings. The molecule has 30 heavy (non-hydrogen) atoms. The van der Waals surface area contributed by atoms with Crippen molar-refractivity contribution in [2.45, 2.75) is 19.3 Å². The van der Waals surface area contributed by atoms with Crippen LogP contribution in [0.3, 0.4) is 0 Å². The quantitative estimate of drug-likeness (QED) is 0.363. The Morgan fingerprint density at radius 2 is 1.67 bits per heavy atom. The highest BCUT2D eigenvalue weighted by Gasteiger charge is 2.42. The molecule has 0 spiro atoms. The number of aryl methyl sites for hydroxylation is 1. The molecule has 1 atom stereocenters. The Labute approximate surface area is 190 Å². The Balaban J connectivity index is 1.44. The van der Waals surface area contributed by atoms with Gasteiger partial charge in [-0.05, 0) is 54.7 Å². The number of likely N-dealkylation sites (tertiary alicyclic amines) is 1. The summed E-state index contributed by atoms with van der Waals surface area (Å²) in [7, 11) is 0. The molecule has 3 rings (SSSR count). The zero-order chi connectivity index (χ0) is 21.7. The maximum Gasteiger partial charge on any atom is 0.290 e. The molecule has 1 unspecified atom stereocenters. The average molecular weight is 468 g/mol. The van der Waals surface area contributed by atoms with E-state index in [2.05, 4.69) is 5.32 Å². The largest absolute Gasteiger partial charge is 0.355 e. The molecule has 2 amide bonds. The third kappa shape index (κ3) is 5.75. The van der Waals surface area contributed by atoms with Gasteiger partial charge in [0, 0.05) is 24.7 Å². The number of carbonyl (C=O) groups excluding carboxylic acids is 3. The summed E-state index contributed by atoms with van der Waals surface area (Å²) in [4.78, 5) is 38.3. The fourth-order valence-electron chi connectivity index (χ4n) is 3.32. The van der Waals surface area contributed by atoms with E-state index in [-0.39, 0.29) is 6.54 Å². The summed E-state index contributed by atoms with van der Waals surface area (Å²) in [5, 5.41) is 4.39. The van der Waals surface area contributed by atoms with Crippen LogP contribution in [0.1, 0.15) is 17.5 Å². The minimum absolute atomic E-state index is 0.115. The summed E-state index contributed by atoms with van der Waals surface area (Å²) in [6.07, 6.45) is 1.98. The highest BCUT2D eigenvalue weighted by molar-refractivity contribution is 6.42. The second-order valence-corrected chi connectivity index (χ2v) is 8.44. The Hall–Kier alpha value is -2.08. The van der Waals surface area contributed by atoms with Gasteiger partial charge in [-0.15, -0.1) is 0 Å². The highest BCUT2D eigenvalue weighted by Crippen LogP contribution is 2.23. The molecule has 0 aromatic heterocycles. The number of amides is 2. The third-order valence-corrected chi connectivity index (χ3v) is 6.03. The van der Waals surface area contributed by atoms with Gasteiger partial charge in [0.15, 0.2) is 0 Å². The van der Waals surface area contributed by atoms with Crippen molar-refractivity contribution >= 4 is 52.4 Å². The van der Waals surface area contributed by atoms with E-state index < -0.39 is 23.5 Å². The van der Waals surface area contributed by atoms with Crippen molar-refractivity contribution in [1.82, 2.24) is 10.2 Å². The van der Waals surface area contributed by atoms with Crippen LogP contribution in [0.5, 0.6) is 0 Å². The second kappa shape index (κ2) is 10.3. The summed E-state index contributed by atoms with van der Waals surface area (Å²) in [6, 6.07) is 12.7. The van der Waals surface area contributed by atoms with E-state index in [1.54, 1.807) is 24.3 Å². The van der Waals surface area contributed by atoms with Crippen molar-refractivity contribution in [3.05, 3.63) is 68.7 Å². The normalized spacial score (nSPS) is 16.2. The Morgan fingerprint density at radius 1 is 0.967 bits per heavy atom. The molecule has 0 radical (unpaired) electrons. The molecule has 1 aliphatic heterocycles. The average Bonchev–Trinajstić information content (AvgIpc) is 3.02. The van der Waals surface area contributed by atoms with Gasteiger partial charge in [0.05, 0.1) is 10.0 Å². The van der Waals surface area contributed by atoms with Crippen molar-refractivity contribution < 1.29 is 14.4 Å². The summed E-state index contributed by atoms with van der Waals surface area (Å²) >= 11 is 17.8. The molecular formula is C22H21Cl3N2O3. The first kappa shape index (κ1) is 22.6. The van der Waals surface area contributed by atoms with E-state index in [0.29, 0.717) is 47.4 Å². The monoisotopic (exact) mass is 466 g/mol. The van der Waals surface area contributed by atoms with E-state index in [4.69, 9.17) is 34.8 Å². The van der Waals surface area contributed by atoms with Gasteiger partial charge in [0.1, 0.15) is 5.92 Å². The van der Waals surface area contributed by atoms with Gasteiger partial charge in [0.2, 0.25) is 11.7 Å². The van der Waals surface area contributed by atoms with E-state index >= 15 is 0 Å². The standard InChI is InChI=1S/C22H21Cl3N2O3/c23-16-6-3-14(4-7-16)9-11-27-13-17(20(28)22(27)30)21(29)26-10-1-2-15-5-8-18(24)19(25)12-15/h3-8,12,17H,1-2,9-11,13H2,(H,26,29). The molecule has 0 bridgehead atoms. The molecule has 0 saturated carbocycles. The smallest absolute Gasteiger partial charge is 0.290 e. The number of ketones is 1. The van der Waals surface area contributed by atoms with E-state index in [0.717, 1.165) is 11.1 Å². The topological polar surface area (TPSA) is 66.5 Å². The fraction of sp³-hybridized carbons (Fsp3) is 0.318. The number of nitrogens with one attached hydrogen (secondary N) is 1. The van der Waals surface area contributed by atoms with Crippen LogP contribution < -0.4 is 5.32 Å². The molecule has 1 heterocycles. The molecule has 2 aromatic rings. The minimum Gasteiger partial charge on any atom is -0.355 e. The molecular weight excluding hydrogens is 447 g/mol. The fourth-order valence-corrected chi connectivity index (χ4v) is 3.77. The Kier molecular flexibility index (Phi) is 7.75. The first-order valence-electron chi connectivity index (χ1n) is 9.64. The van der Waals surface area contributed by atoms with Gasteiger partial charge < -0.3 is 10.2 Å². The maximum absolute atomic E-state index is 12.4. The Bertz CT molecular complexity index is 947. The molecule has 2 aromatic carbocycles. The minimum atomic E-state index is -0.951. The predicted octanol–water partition coefficient (Wildman–Crippen LogP) is 3.97. The first-order chi connectivity index (χ1) is 14.3. The summed E-state index contributed by atoms with van der Waals surface area (Å²) in [6.45, 7) is 0.902. The van der Waals surface area contributed by atoms with E-state index in [1.807, 2.05) is 18.2 Å². The number of nitrogens with zero attached hydrogens (tertiary/aromatic N) is 1. The van der Waals surface area contributed by atoms with Gasteiger partial charge in [-0.2, -0.15) is 0 Å². The molecule has 158 valence electrons. The number of Topliss-reactive ketones (excluding diaryl/α,β-unsaturated/α-hetero) is 1. The van der Waals surface area contributed by atoms with Gasteiger partial charge in [0.25, 0.3) is 5.91 Å². The Morgan fingerprint density at radius 3 is 2.37 bits per heavy atom. The van der Waals surface area contributed by atoms with Crippen LogP contribution in [0.2, 0.25) is 15.1 Å². The van der Waals surface area contributed by atoms with Crippen molar-refractivity contribution in [3.8, 4) is 0 Å². The van der Waals surface area contributed by atoms with Crippen molar-refractivity contribution in [1.29, 1.82) is 0 Å². The lowest BCUT2D eigenvalue weighted by atomic mass is 10.1. The van der Waals surface area contributed by atoms with Crippen LogP contribution in [0.15, 0.2) is 42.5 Å². The lowest BCUT2D eigenvalue weighted by Gasteiger charge is -2.15. The zero-order valence-corrected chi connectivity index (χ0v) is 18.4. The molecule has 1 N–H and O–H groups in total. The van der Waals surface area contributed by atoms with Crippen LogP contribution in [0.25, 0.3) is 0 Å². The van der Waals surface area contributed by atoms with Crippen LogP contribution >= 0.6 is 34.8 Å². The molecule has 1 aliphatic rings. The van der Waals surface area contributed by atoms with Crippen molar-refractivity contribution in [2.24, 2.45) is 5.92 Å². The van der Waals surface area contributed by atoms with Gasteiger partial charge in [-0.25, -0.2) is 0 Å². The lowest BCUT2D eigenvalue weighted by Crippen LogP contribution is -2.36. The maximum atomic E-state index is 12.4. The number of rotatable bonds is 8.